The number of alkyl halides is 3. The third-order valence-electron chi connectivity index (χ3n) is 3.66. The van der Waals surface area contributed by atoms with E-state index in [4.69, 9.17) is 4.74 Å². The Kier molecular flexibility index (Phi) is 8.27. The lowest BCUT2D eigenvalue weighted by Crippen LogP contribution is -2.39. The molecule has 0 fully saturated rings. The van der Waals surface area contributed by atoms with Crippen LogP contribution in [0.4, 0.5) is 13.2 Å². The number of hydrogen-bond acceptors (Lipinski definition) is 5. The minimum Gasteiger partial charge on any atom is -0.491 e. The molecule has 1 aromatic carbocycles. The number of aliphatic hydroxyl groups is 1. The lowest BCUT2D eigenvalue weighted by molar-refractivity contribution is -0.140. The first kappa shape index (κ1) is 23.0. The molecule has 0 amide bonds. The molecule has 0 saturated carbocycles. The van der Waals surface area contributed by atoms with Crippen molar-refractivity contribution in [2.45, 2.75) is 45.7 Å². The van der Waals surface area contributed by atoms with Crippen molar-refractivity contribution in [3.63, 3.8) is 0 Å². The third kappa shape index (κ3) is 7.54. The maximum Gasteiger partial charge on any atom is 0.434 e. The van der Waals surface area contributed by atoms with Gasteiger partial charge in [0.2, 0.25) is 0 Å². The number of hydrogen-bond donors (Lipinski definition) is 3. The summed E-state index contributed by atoms with van der Waals surface area (Å²) in [5.41, 5.74) is -0.204. The van der Waals surface area contributed by atoms with Gasteiger partial charge in [-0.05, 0) is 38.5 Å². The smallest absolute Gasteiger partial charge is 0.434 e. The van der Waals surface area contributed by atoms with Crippen LogP contribution in [-0.4, -0.2) is 35.2 Å². The molecule has 0 aliphatic carbocycles. The van der Waals surface area contributed by atoms with Crippen LogP contribution in [0.5, 0.6) is 5.75 Å². The molecule has 3 N–H and O–H groups in total. The van der Waals surface area contributed by atoms with Crippen LogP contribution in [0.3, 0.4) is 0 Å². The van der Waals surface area contributed by atoms with Crippen LogP contribution in [0.15, 0.2) is 34.6 Å². The molecule has 6 nitrogen and oxygen atoms in total. The summed E-state index contributed by atoms with van der Waals surface area (Å²) in [6, 6.07) is 7.14. The lowest BCUT2D eigenvalue weighted by atomic mass is 10.1. The van der Waals surface area contributed by atoms with Crippen LogP contribution >= 0.6 is 11.3 Å². The summed E-state index contributed by atoms with van der Waals surface area (Å²) in [6.07, 6.45) is -5.18. The minimum absolute atomic E-state index is 0.00735. The normalized spacial score (nSPS) is 13.4. The number of thiazole rings is 1. The minimum atomic E-state index is -4.46. The van der Waals surface area contributed by atoms with Crippen molar-refractivity contribution < 1.29 is 23.0 Å². The number of guanidine groups is 1. The molecule has 0 bridgehead atoms. The van der Waals surface area contributed by atoms with Gasteiger partial charge in [0, 0.05) is 18.5 Å². The largest absolute Gasteiger partial charge is 0.491 e. The van der Waals surface area contributed by atoms with Gasteiger partial charge in [-0.15, -0.1) is 11.3 Å². The molecule has 0 aliphatic heterocycles. The fourth-order valence-electron chi connectivity index (χ4n) is 2.35. The summed E-state index contributed by atoms with van der Waals surface area (Å²) in [5.74, 6) is 1.11. The highest BCUT2D eigenvalue weighted by atomic mass is 32.1. The number of nitrogens with zero attached hydrogens (tertiary/aromatic N) is 2. The van der Waals surface area contributed by atoms with Crippen LogP contribution in [0.2, 0.25) is 0 Å². The molecule has 2 aromatic rings. The fourth-order valence-corrected chi connectivity index (χ4v) is 3.08. The molecule has 0 aliphatic rings. The van der Waals surface area contributed by atoms with Crippen molar-refractivity contribution in [2.75, 3.05) is 13.1 Å². The summed E-state index contributed by atoms with van der Waals surface area (Å²) in [7, 11) is 0. The second-order valence-electron chi connectivity index (χ2n) is 6.45. The van der Waals surface area contributed by atoms with E-state index in [-0.39, 0.29) is 24.2 Å². The molecule has 0 spiro atoms. The average molecular weight is 430 g/mol. The van der Waals surface area contributed by atoms with Crippen LogP contribution in [0.25, 0.3) is 0 Å². The summed E-state index contributed by atoms with van der Waals surface area (Å²) >= 11 is 0.908. The number of aliphatic imine (C=N–C) groups is 1. The monoisotopic (exact) mass is 430 g/mol. The molecular formula is C19H25F3N4O2S. The summed E-state index contributed by atoms with van der Waals surface area (Å²) in [4.78, 5) is 7.79. The first-order valence-electron chi connectivity index (χ1n) is 9.17. The molecule has 0 radical (unpaired) electrons. The van der Waals surface area contributed by atoms with E-state index in [0.29, 0.717) is 18.1 Å². The highest BCUT2D eigenvalue weighted by Gasteiger charge is 2.33. The Morgan fingerprint density at radius 3 is 2.48 bits per heavy atom. The Hall–Kier alpha value is -2.33. The Morgan fingerprint density at radius 1 is 1.24 bits per heavy atom. The highest BCUT2D eigenvalue weighted by Crippen LogP contribution is 2.30. The van der Waals surface area contributed by atoms with Crippen molar-refractivity contribution in [1.29, 1.82) is 0 Å². The molecule has 1 atom stereocenters. The van der Waals surface area contributed by atoms with E-state index in [1.165, 1.54) is 0 Å². The quantitative estimate of drug-likeness (QED) is 0.439. The molecule has 1 heterocycles. The molecule has 29 heavy (non-hydrogen) atoms. The SMILES string of the molecule is CCNC(=NCc1nc(C(F)(F)F)cs1)NCC(O)c1ccc(OC(C)C)cc1. The van der Waals surface area contributed by atoms with Gasteiger partial charge >= 0.3 is 6.18 Å². The molecular weight excluding hydrogens is 405 g/mol. The van der Waals surface area contributed by atoms with Crippen LogP contribution in [-0.2, 0) is 12.7 Å². The average Bonchev–Trinajstić information content (AvgIpc) is 3.13. The maximum absolute atomic E-state index is 12.6. The number of nitrogens with one attached hydrogen (secondary N) is 2. The lowest BCUT2D eigenvalue weighted by Gasteiger charge is -2.16. The number of aromatic nitrogens is 1. The number of halogens is 3. The number of ether oxygens (including phenoxy) is 1. The first-order chi connectivity index (χ1) is 13.7. The molecule has 160 valence electrons. The highest BCUT2D eigenvalue weighted by molar-refractivity contribution is 7.09. The third-order valence-corrected chi connectivity index (χ3v) is 4.49. The van der Waals surface area contributed by atoms with Crippen molar-refractivity contribution in [1.82, 2.24) is 15.6 Å². The van der Waals surface area contributed by atoms with Crippen LogP contribution in [0, 0.1) is 0 Å². The number of aliphatic hydroxyl groups excluding tert-OH is 1. The molecule has 2 rings (SSSR count). The van der Waals surface area contributed by atoms with Gasteiger partial charge in [0.05, 0.1) is 18.8 Å². The topological polar surface area (TPSA) is 78.8 Å². The Labute approximate surface area is 171 Å². The Balaban J connectivity index is 1.94. The van der Waals surface area contributed by atoms with E-state index in [1.54, 1.807) is 24.3 Å². The van der Waals surface area contributed by atoms with Gasteiger partial charge in [-0.2, -0.15) is 13.2 Å². The molecule has 1 unspecified atom stereocenters. The van der Waals surface area contributed by atoms with Gasteiger partial charge in [-0.25, -0.2) is 9.98 Å². The van der Waals surface area contributed by atoms with Gasteiger partial charge < -0.3 is 20.5 Å². The van der Waals surface area contributed by atoms with Crippen molar-refractivity contribution in [3.8, 4) is 5.75 Å². The van der Waals surface area contributed by atoms with E-state index in [9.17, 15) is 18.3 Å². The molecule has 10 heteroatoms. The number of benzene rings is 1. The van der Waals surface area contributed by atoms with Crippen molar-refractivity contribution in [3.05, 3.63) is 45.9 Å². The fraction of sp³-hybridized carbons (Fsp3) is 0.474. The van der Waals surface area contributed by atoms with Crippen LogP contribution < -0.4 is 15.4 Å². The van der Waals surface area contributed by atoms with Gasteiger partial charge in [0.1, 0.15) is 10.8 Å². The van der Waals surface area contributed by atoms with E-state index >= 15 is 0 Å². The van der Waals surface area contributed by atoms with Crippen molar-refractivity contribution >= 4 is 17.3 Å². The van der Waals surface area contributed by atoms with E-state index in [2.05, 4.69) is 20.6 Å². The second kappa shape index (κ2) is 10.4. The van der Waals surface area contributed by atoms with Crippen LogP contribution in [0.1, 0.15) is 43.1 Å². The molecule has 1 aromatic heterocycles. The van der Waals surface area contributed by atoms with E-state index in [1.807, 2.05) is 20.8 Å². The summed E-state index contributed by atoms with van der Waals surface area (Å²) < 4.78 is 43.5. The zero-order valence-electron chi connectivity index (χ0n) is 16.5. The zero-order valence-corrected chi connectivity index (χ0v) is 17.3. The Morgan fingerprint density at radius 2 is 1.93 bits per heavy atom. The van der Waals surface area contributed by atoms with E-state index < -0.39 is 18.0 Å². The standard InChI is InChI=1S/C19H25F3N4O2S/c1-4-23-18(25-10-17-26-16(11-29-17)19(20,21)22)24-9-15(27)13-5-7-14(8-6-13)28-12(2)3/h5-8,11-12,15,27H,4,9-10H2,1-3H3,(H2,23,24,25). The first-order valence-corrected chi connectivity index (χ1v) is 10.1. The van der Waals surface area contributed by atoms with Crippen molar-refractivity contribution in [2.24, 2.45) is 4.99 Å². The Bertz CT molecular complexity index is 791. The summed E-state index contributed by atoms with van der Waals surface area (Å²) in [5, 5.41) is 17.6. The van der Waals surface area contributed by atoms with Gasteiger partial charge in [-0.1, -0.05) is 12.1 Å². The summed E-state index contributed by atoms with van der Waals surface area (Å²) in [6.45, 7) is 6.49. The predicted octanol–water partition coefficient (Wildman–Crippen LogP) is 3.74. The molecule has 0 saturated heterocycles. The van der Waals surface area contributed by atoms with Gasteiger partial charge in [-0.3, -0.25) is 0 Å². The van der Waals surface area contributed by atoms with Gasteiger partial charge in [0.25, 0.3) is 0 Å². The zero-order chi connectivity index (χ0) is 21.4. The van der Waals surface area contributed by atoms with Gasteiger partial charge in [0.15, 0.2) is 11.7 Å². The second-order valence-corrected chi connectivity index (χ2v) is 7.39. The van der Waals surface area contributed by atoms with E-state index in [0.717, 1.165) is 22.5 Å². The maximum atomic E-state index is 12.6. The predicted molar refractivity (Wildman–Crippen MR) is 107 cm³/mol. The number of rotatable bonds is 8.